The topological polar surface area (TPSA) is 56.3 Å². The third-order valence-electron chi connectivity index (χ3n) is 4.75. The second-order valence-electron chi connectivity index (χ2n) is 6.12. The fourth-order valence-corrected chi connectivity index (χ4v) is 3.39. The van der Waals surface area contributed by atoms with Crippen LogP contribution in [0.5, 0.6) is 11.6 Å². The second kappa shape index (κ2) is 7.03. The number of methoxy groups -OCH3 is 2. The first kappa shape index (κ1) is 16.5. The average Bonchev–Trinajstić information content (AvgIpc) is 3.11. The van der Waals surface area contributed by atoms with Crippen molar-refractivity contribution in [3.8, 4) is 11.6 Å². The quantitative estimate of drug-likeness (QED) is 0.877. The zero-order valence-corrected chi connectivity index (χ0v) is 14.0. The second-order valence-corrected chi connectivity index (χ2v) is 6.12. The van der Waals surface area contributed by atoms with Gasteiger partial charge in [0, 0.05) is 12.0 Å². The van der Waals surface area contributed by atoms with Crippen LogP contribution in [0.1, 0.15) is 31.2 Å². The lowest BCUT2D eigenvalue weighted by Gasteiger charge is -2.30. The third kappa shape index (κ3) is 3.27. The maximum Gasteiger partial charge on any atom is 0.255 e. The van der Waals surface area contributed by atoms with Crippen LogP contribution in [0.3, 0.4) is 0 Å². The summed E-state index contributed by atoms with van der Waals surface area (Å²) in [5.74, 6) is 0.630. The summed E-state index contributed by atoms with van der Waals surface area (Å²) in [5.41, 5.74) is 1.32. The molecular formula is C18H22FN3O2. The largest absolute Gasteiger partial charge is 0.497 e. The molecule has 0 saturated heterocycles. The van der Waals surface area contributed by atoms with Crippen LogP contribution in [-0.2, 0) is 5.41 Å². The van der Waals surface area contributed by atoms with Crippen molar-refractivity contribution in [3.05, 3.63) is 41.8 Å². The van der Waals surface area contributed by atoms with Gasteiger partial charge in [-0.25, -0.2) is 4.98 Å². The average molecular weight is 331 g/mol. The molecule has 1 fully saturated rings. The number of aromatic nitrogens is 2. The number of anilines is 1. The van der Waals surface area contributed by atoms with Crippen LogP contribution in [-0.4, -0.2) is 30.7 Å². The van der Waals surface area contributed by atoms with Gasteiger partial charge in [0.1, 0.15) is 5.75 Å². The van der Waals surface area contributed by atoms with Crippen molar-refractivity contribution in [1.29, 1.82) is 0 Å². The lowest BCUT2D eigenvalue weighted by Crippen LogP contribution is -2.32. The highest BCUT2D eigenvalue weighted by Crippen LogP contribution is 2.41. The maximum absolute atomic E-state index is 13.4. The third-order valence-corrected chi connectivity index (χ3v) is 4.75. The normalized spacial score (nSPS) is 16.0. The molecule has 1 saturated carbocycles. The van der Waals surface area contributed by atoms with Gasteiger partial charge in [0.15, 0.2) is 0 Å². The zero-order chi connectivity index (χ0) is 17.0. The van der Waals surface area contributed by atoms with Crippen molar-refractivity contribution in [1.82, 2.24) is 9.97 Å². The number of rotatable bonds is 6. The molecule has 2 aromatic rings. The Morgan fingerprint density at radius 3 is 2.46 bits per heavy atom. The number of nitrogens with zero attached hydrogens (tertiary/aromatic N) is 2. The van der Waals surface area contributed by atoms with Gasteiger partial charge in [-0.2, -0.15) is 9.37 Å². The van der Waals surface area contributed by atoms with E-state index >= 15 is 0 Å². The van der Waals surface area contributed by atoms with Gasteiger partial charge in [-0.15, -0.1) is 0 Å². The smallest absolute Gasteiger partial charge is 0.255 e. The van der Waals surface area contributed by atoms with E-state index in [9.17, 15) is 4.39 Å². The number of nitrogens with one attached hydrogen (secondary N) is 1. The SMILES string of the molecule is COc1ccc(C2(CNc3ncc(F)c(OC)n3)CCCC2)cc1. The Morgan fingerprint density at radius 2 is 1.83 bits per heavy atom. The Hall–Kier alpha value is -2.37. The summed E-state index contributed by atoms with van der Waals surface area (Å²) in [6.07, 6.45) is 5.72. The molecule has 128 valence electrons. The standard InChI is InChI=1S/C18H22FN3O2/c1-23-14-7-5-13(6-8-14)18(9-3-4-10-18)12-21-17-20-11-15(19)16(22-17)24-2/h5-8,11H,3-4,9-10,12H2,1-2H3,(H,20,21,22). The first-order valence-electron chi connectivity index (χ1n) is 8.12. The molecule has 0 bridgehead atoms. The highest BCUT2D eigenvalue weighted by Gasteiger charge is 2.35. The molecule has 5 nitrogen and oxygen atoms in total. The van der Waals surface area contributed by atoms with Crippen LogP contribution in [0.4, 0.5) is 10.3 Å². The van der Waals surface area contributed by atoms with Crippen molar-refractivity contribution in [2.24, 2.45) is 0 Å². The molecule has 1 aliphatic carbocycles. The van der Waals surface area contributed by atoms with Crippen LogP contribution >= 0.6 is 0 Å². The summed E-state index contributed by atoms with van der Waals surface area (Å²) in [6.45, 7) is 0.702. The minimum absolute atomic E-state index is 0.0389. The molecular weight excluding hydrogens is 309 g/mol. The van der Waals surface area contributed by atoms with Crippen molar-refractivity contribution in [2.75, 3.05) is 26.1 Å². The molecule has 0 radical (unpaired) electrons. The van der Waals surface area contributed by atoms with Gasteiger partial charge in [-0.1, -0.05) is 25.0 Å². The van der Waals surface area contributed by atoms with Crippen molar-refractivity contribution in [2.45, 2.75) is 31.1 Å². The monoisotopic (exact) mass is 331 g/mol. The molecule has 1 heterocycles. The van der Waals surface area contributed by atoms with Gasteiger partial charge in [0.2, 0.25) is 11.8 Å². The summed E-state index contributed by atoms with van der Waals surface area (Å²) >= 11 is 0. The van der Waals surface area contributed by atoms with E-state index in [-0.39, 0.29) is 11.3 Å². The van der Waals surface area contributed by atoms with Crippen molar-refractivity contribution in [3.63, 3.8) is 0 Å². The van der Waals surface area contributed by atoms with Crippen LogP contribution in [0.2, 0.25) is 0 Å². The van der Waals surface area contributed by atoms with Gasteiger partial charge in [0.25, 0.3) is 5.88 Å². The van der Waals surface area contributed by atoms with E-state index in [1.54, 1.807) is 7.11 Å². The van der Waals surface area contributed by atoms with Gasteiger partial charge < -0.3 is 14.8 Å². The summed E-state index contributed by atoms with van der Waals surface area (Å²) in [5, 5.41) is 3.26. The number of benzene rings is 1. The predicted octanol–water partition coefficient (Wildman–Crippen LogP) is 3.56. The fourth-order valence-electron chi connectivity index (χ4n) is 3.39. The summed E-state index contributed by atoms with van der Waals surface area (Å²) < 4.78 is 23.6. The van der Waals surface area contributed by atoms with E-state index < -0.39 is 5.82 Å². The van der Waals surface area contributed by atoms with E-state index in [1.165, 1.54) is 25.5 Å². The maximum atomic E-state index is 13.4. The Morgan fingerprint density at radius 1 is 1.12 bits per heavy atom. The molecule has 1 aromatic heterocycles. The molecule has 3 rings (SSSR count). The number of halogens is 1. The zero-order valence-electron chi connectivity index (χ0n) is 14.0. The summed E-state index contributed by atoms with van der Waals surface area (Å²) in [7, 11) is 3.06. The first-order chi connectivity index (χ1) is 11.7. The van der Waals surface area contributed by atoms with Gasteiger partial charge in [-0.05, 0) is 30.5 Å². The lowest BCUT2D eigenvalue weighted by atomic mass is 9.79. The summed E-state index contributed by atoms with van der Waals surface area (Å²) in [4.78, 5) is 8.07. The van der Waals surface area contributed by atoms with E-state index in [4.69, 9.17) is 9.47 Å². The van der Waals surface area contributed by atoms with Gasteiger partial charge in [0.05, 0.1) is 20.4 Å². The van der Waals surface area contributed by atoms with Gasteiger partial charge >= 0.3 is 0 Å². The molecule has 24 heavy (non-hydrogen) atoms. The highest BCUT2D eigenvalue weighted by atomic mass is 19.1. The molecule has 6 heteroatoms. The van der Waals surface area contributed by atoms with Crippen LogP contribution in [0.25, 0.3) is 0 Å². The molecule has 0 atom stereocenters. The number of hydrogen-bond donors (Lipinski definition) is 1. The number of ether oxygens (including phenoxy) is 2. The van der Waals surface area contributed by atoms with Crippen molar-refractivity contribution < 1.29 is 13.9 Å². The van der Waals surface area contributed by atoms with E-state index in [0.717, 1.165) is 24.8 Å². The van der Waals surface area contributed by atoms with E-state index in [1.807, 2.05) is 12.1 Å². The Balaban J connectivity index is 1.78. The van der Waals surface area contributed by atoms with Crippen LogP contribution in [0, 0.1) is 5.82 Å². The van der Waals surface area contributed by atoms with E-state index in [2.05, 4.69) is 27.4 Å². The molecule has 1 aromatic carbocycles. The molecule has 1 aliphatic rings. The highest BCUT2D eigenvalue weighted by molar-refractivity contribution is 5.36. The van der Waals surface area contributed by atoms with Crippen molar-refractivity contribution >= 4 is 5.95 Å². The molecule has 1 N–H and O–H groups in total. The van der Waals surface area contributed by atoms with Crippen LogP contribution in [0.15, 0.2) is 30.5 Å². The Bertz CT molecular complexity index is 685. The number of hydrogen-bond acceptors (Lipinski definition) is 5. The van der Waals surface area contributed by atoms with E-state index in [0.29, 0.717) is 12.5 Å². The lowest BCUT2D eigenvalue weighted by molar-refractivity contribution is 0.367. The Kier molecular flexibility index (Phi) is 4.83. The minimum atomic E-state index is -0.561. The minimum Gasteiger partial charge on any atom is -0.497 e. The first-order valence-corrected chi connectivity index (χ1v) is 8.12. The Labute approximate surface area is 141 Å². The molecule has 0 aliphatic heterocycles. The molecule has 0 spiro atoms. The molecule has 0 unspecified atom stereocenters. The summed E-state index contributed by atoms with van der Waals surface area (Å²) in [6, 6.07) is 8.23. The molecule has 0 amide bonds. The fraction of sp³-hybridized carbons (Fsp3) is 0.444. The predicted molar refractivity (Wildman–Crippen MR) is 90.2 cm³/mol. The van der Waals surface area contributed by atoms with Gasteiger partial charge in [-0.3, -0.25) is 0 Å². The van der Waals surface area contributed by atoms with Crippen LogP contribution < -0.4 is 14.8 Å².